The fourth-order valence-electron chi connectivity index (χ4n) is 2.15. The molecule has 1 amide bonds. The number of halogens is 1. The van der Waals surface area contributed by atoms with Crippen molar-refractivity contribution in [3.63, 3.8) is 0 Å². The Hall–Kier alpha value is -1.94. The van der Waals surface area contributed by atoms with E-state index in [-0.39, 0.29) is 5.91 Å². The van der Waals surface area contributed by atoms with Gasteiger partial charge in [-0.15, -0.1) is 0 Å². The molecule has 5 heteroatoms. The van der Waals surface area contributed by atoms with Crippen molar-refractivity contribution in [2.75, 3.05) is 11.1 Å². The van der Waals surface area contributed by atoms with E-state index in [9.17, 15) is 4.79 Å². The molecule has 106 valence electrons. The maximum absolute atomic E-state index is 12.4. The van der Waals surface area contributed by atoms with Crippen molar-refractivity contribution in [1.29, 1.82) is 0 Å². The lowest BCUT2D eigenvalue weighted by molar-refractivity contribution is 0.102. The van der Waals surface area contributed by atoms with Gasteiger partial charge in [-0.3, -0.25) is 4.79 Å². The normalized spacial score (nSPS) is 10.7. The van der Waals surface area contributed by atoms with E-state index >= 15 is 0 Å². The summed E-state index contributed by atoms with van der Waals surface area (Å²) in [6.07, 6.45) is 0. The van der Waals surface area contributed by atoms with Crippen LogP contribution in [0.2, 0.25) is 5.02 Å². The Balaban J connectivity index is 2.35. The fourth-order valence-corrected chi connectivity index (χ4v) is 2.31. The molecule has 20 heavy (non-hydrogen) atoms. The molecule has 0 radical (unpaired) electrons. The van der Waals surface area contributed by atoms with Gasteiger partial charge in [-0.1, -0.05) is 11.6 Å². The number of nitrogens with one attached hydrogen (secondary N) is 1. The largest absolute Gasteiger partial charge is 0.466 e. The van der Waals surface area contributed by atoms with E-state index in [1.807, 2.05) is 20.8 Å². The Morgan fingerprint density at radius 1 is 1.20 bits per heavy atom. The molecule has 0 saturated heterocycles. The monoisotopic (exact) mass is 292 g/mol. The average molecular weight is 293 g/mol. The van der Waals surface area contributed by atoms with Crippen LogP contribution in [-0.4, -0.2) is 5.91 Å². The molecule has 2 rings (SSSR count). The number of carbonyl (C=O) groups is 1. The molecule has 0 atom stereocenters. The van der Waals surface area contributed by atoms with Crippen LogP contribution in [0.3, 0.4) is 0 Å². The van der Waals surface area contributed by atoms with Gasteiger partial charge in [0.15, 0.2) is 0 Å². The quantitative estimate of drug-likeness (QED) is 0.822. The third kappa shape index (κ3) is 2.51. The number of amides is 1. The van der Waals surface area contributed by atoms with Crippen LogP contribution in [0, 0.1) is 27.7 Å². The first-order valence-electron chi connectivity index (χ1n) is 6.24. The number of benzene rings is 1. The van der Waals surface area contributed by atoms with Gasteiger partial charge >= 0.3 is 0 Å². The lowest BCUT2D eigenvalue weighted by atomic mass is 10.1. The predicted octanol–water partition coefficient (Wildman–Crippen LogP) is 4.00. The summed E-state index contributed by atoms with van der Waals surface area (Å²) in [5, 5.41) is 3.27. The van der Waals surface area contributed by atoms with Crippen LogP contribution < -0.4 is 11.1 Å². The van der Waals surface area contributed by atoms with Crippen molar-refractivity contribution < 1.29 is 9.21 Å². The van der Waals surface area contributed by atoms with Gasteiger partial charge < -0.3 is 15.5 Å². The minimum atomic E-state index is -0.208. The Labute approximate surface area is 122 Å². The van der Waals surface area contributed by atoms with Crippen molar-refractivity contribution >= 4 is 28.9 Å². The van der Waals surface area contributed by atoms with E-state index < -0.39 is 0 Å². The zero-order chi connectivity index (χ0) is 15.0. The van der Waals surface area contributed by atoms with E-state index in [1.165, 1.54) is 0 Å². The number of nitrogen functional groups attached to an aromatic ring is 1. The van der Waals surface area contributed by atoms with Crippen molar-refractivity contribution in [3.8, 4) is 0 Å². The highest BCUT2D eigenvalue weighted by atomic mass is 35.5. The lowest BCUT2D eigenvalue weighted by Gasteiger charge is -2.10. The Bertz CT molecular complexity index is 690. The number of hydrogen-bond donors (Lipinski definition) is 2. The summed E-state index contributed by atoms with van der Waals surface area (Å²) in [6, 6.07) is 3.39. The van der Waals surface area contributed by atoms with Crippen LogP contribution in [0.5, 0.6) is 0 Å². The molecule has 0 aliphatic rings. The summed E-state index contributed by atoms with van der Waals surface area (Å²) in [5.74, 6) is 1.15. The first-order valence-corrected chi connectivity index (χ1v) is 6.62. The number of nitrogens with two attached hydrogens (primary N) is 1. The van der Waals surface area contributed by atoms with Gasteiger partial charge in [-0.25, -0.2) is 0 Å². The Kier molecular flexibility index (Phi) is 3.77. The number of anilines is 2. The zero-order valence-electron chi connectivity index (χ0n) is 11.9. The molecule has 3 N–H and O–H groups in total. The summed E-state index contributed by atoms with van der Waals surface area (Å²) in [5.41, 5.74) is 9.13. The lowest BCUT2D eigenvalue weighted by Crippen LogP contribution is -2.14. The van der Waals surface area contributed by atoms with Crippen molar-refractivity contribution in [2.24, 2.45) is 0 Å². The first kappa shape index (κ1) is 14.5. The highest BCUT2D eigenvalue weighted by molar-refractivity contribution is 6.33. The first-order chi connectivity index (χ1) is 9.31. The van der Waals surface area contributed by atoms with E-state index in [0.717, 1.165) is 16.9 Å². The molecular formula is C15H17ClN2O2. The van der Waals surface area contributed by atoms with Crippen molar-refractivity contribution in [1.82, 2.24) is 0 Å². The van der Waals surface area contributed by atoms with E-state index in [2.05, 4.69) is 5.32 Å². The Morgan fingerprint density at radius 3 is 2.40 bits per heavy atom. The standard InChI is InChI=1S/C15H17ClN2O2/c1-7-5-12(17)11(16)6-13(7)18-15(19)14-8(2)9(3)20-10(14)4/h5-6H,17H2,1-4H3,(H,18,19). The highest BCUT2D eigenvalue weighted by Crippen LogP contribution is 2.28. The minimum absolute atomic E-state index is 0.208. The summed E-state index contributed by atoms with van der Waals surface area (Å²) >= 11 is 5.99. The third-order valence-electron chi connectivity index (χ3n) is 3.38. The van der Waals surface area contributed by atoms with Gasteiger partial charge in [0.1, 0.15) is 11.5 Å². The number of hydrogen-bond acceptors (Lipinski definition) is 3. The second-order valence-electron chi connectivity index (χ2n) is 4.86. The maximum Gasteiger partial charge on any atom is 0.259 e. The molecule has 0 fully saturated rings. The van der Waals surface area contributed by atoms with E-state index in [0.29, 0.717) is 27.7 Å². The van der Waals surface area contributed by atoms with Crippen molar-refractivity contribution in [2.45, 2.75) is 27.7 Å². The van der Waals surface area contributed by atoms with Crippen molar-refractivity contribution in [3.05, 3.63) is 45.4 Å². The highest BCUT2D eigenvalue weighted by Gasteiger charge is 2.19. The smallest absolute Gasteiger partial charge is 0.259 e. The van der Waals surface area contributed by atoms with Crippen LogP contribution in [0.25, 0.3) is 0 Å². The van der Waals surface area contributed by atoms with E-state index in [4.69, 9.17) is 21.8 Å². The summed E-state index contributed by atoms with van der Waals surface area (Å²) in [4.78, 5) is 12.4. The zero-order valence-corrected chi connectivity index (χ0v) is 12.7. The van der Waals surface area contributed by atoms with Gasteiger partial charge in [-0.2, -0.15) is 0 Å². The molecule has 1 aromatic heterocycles. The molecular weight excluding hydrogens is 276 g/mol. The summed E-state index contributed by atoms with van der Waals surface area (Å²) < 4.78 is 5.47. The maximum atomic E-state index is 12.4. The number of rotatable bonds is 2. The number of aryl methyl sites for hydroxylation is 3. The predicted molar refractivity (Wildman–Crippen MR) is 81.5 cm³/mol. The van der Waals surface area contributed by atoms with Gasteiger partial charge in [0.05, 0.1) is 16.3 Å². The topological polar surface area (TPSA) is 68.3 Å². The van der Waals surface area contributed by atoms with Crippen LogP contribution in [0.15, 0.2) is 16.5 Å². The van der Waals surface area contributed by atoms with Crippen LogP contribution >= 0.6 is 11.6 Å². The second-order valence-corrected chi connectivity index (χ2v) is 5.26. The molecule has 1 heterocycles. The molecule has 1 aromatic carbocycles. The van der Waals surface area contributed by atoms with Gasteiger partial charge in [0.2, 0.25) is 0 Å². The number of carbonyl (C=O) groups excluding carboxylic acids is 1. The molecule has 0 spiro atoms. The Morgan fingerprint density at radius 2 is 1.85 bits per heavy atom. The number of furan rings is 1. The molecule has 0 saturated carbocycles. The molecule has 4 nitrogen and oxygen atoms in total. The van der Waals surface area contributed by atoms with Crippen LogP contribution in [0.1, 0.15) is 33.0 Å². The second kappa shape index (κ2) is 5.21. The molecule has 0 aliphatic heterocycles. The molecule has 0 unspecified atom stereocenters. The van der Waals surface area contributed by atoms with Crippen LogP contribution in [0.4, 0.5) is 11.4 Å². The van der Waals surface area contributed by atoms with E-state index in [1.54, 1.807) is 19.1 Å². The summed E-state index contributed by atoms with van der Waals surface area (Å²) in [6.45, 7) is 7.34. The molecule has 2 aromatic rings. The van der Waals surface area contributed by atoms with Gasteiger partial charge in [0.25, 0.3) is 5.91 Å². The summed E-state index contributed by atoms with van der Waals surface area (Å²) in [7, 11) is 0. The van der Waals surface area contributed by atoms with Gasteiger partial charge in [0, 0.05) is 11.3 Å². The van der Waals surface area contributed by atoms with Gasteiger partial charge in [-0.05, 0) is 45.4 Å². The average Bonchev–Trinajstić information content (AvgIpc) is 2.60. The third-order valence-corrected chi connectivity index (χ3v) is 3.71. The van der Waals surface area contributed by atoms with Crippen LogP contribution in [-0.2, 0) is 0 Å². The SMILES string of the molecule is Cc1cc(N)c(Cl)cc1NC(=O)c1c(C)oc(C)c1C. The fraction of sp³-hybridized carbons (Fsp3) is 0.267. The molecule has 0 aliphatic carbocycles. The molecule has 0 bridgehead atoms. The minimum Gasteiger partial charge on any atom is -0.466 e.